The highest BCUT2D eigenvalue weighted by Crippen LogP contribution is 2.16. The van der Waals surface area contributed by atoms with Crippen molar-refractivity contribution < 1.29 is 8.42 Å². The third-order valence-electron chi connectivity index (χ3n) is 2.84. The topological polar surface area (TPSA) is 72.2 Å². The average Bonchev–Trinajstić information content (AvgIpc) is 2.45. The van der Waals surface area contributed by atoms with Gasteiger partial charge in [0.05, 0.1) is 4.90 Å². The highest BCUT2D eigenvalue weighted by Gasteiger charge is 2.16. The van der Waals surface area contributed by atoms with Crippen molar-refractivity contribution in [1.82, 2.24) is 4.72 Å². The molecule has 0 fully saturated rings. The molecular formula is C14H15ClN2O2S. The zero-order chi connectivity index (χ0) is 14.6. The van der Waals surface area contributed by atoms with Gasteiger partial charge in [0.2, 0.25) is 10.0 Å². The Morgan fingerprint density at radius 1 is 1.10 bits per heavy atom. The molecule has 0 unspecified atom stereocenters. The van der Waals surface area contributed by atoms with Gasteiger partial charge in [-0.15, -0.1) is 0 Å². The van der Waals surface area contributed by atoms with Crippen LogP contribution in [0.4, 0.5) is 0 Å². The Morgan fingerprint density at radius 3 is 2.55 bits per heavy atom. The van der Waals surface area contributed by atoms with Gasteiger partial charge in [0.1, 0.15) is 0 Å². The Bertz CT molecular complexity index is 702. The van der Waals surface area contributed by atoms with E-state index >= 15 is 0 Å². The number of halogens is 1. The molecule has 0 spiro atoms. The fourth-order valence-electron chi connectivity index (χ4n) is 1.84. The van der Waals surface area contributed by atoms with Crippen molar-refractivity contribution in [1.29, 1.82) is 0 Å². The van der Waals surface area contributed by atoms with Gasteiger partial charge in [0.15, 0.2) is 0 Å². The van der Waals surface area contributed by atoms with Crippen LogP contribution in [0.15, 0.2) is 53.4 Å². The lowest BCUT2D eigenvalue weighted by atomic mass is 10.2. The van der Waals surface area contributed by atoms with Gasteiger partial charge in [0, 0.05) is 18.1 Å². The molecule has 0 aliphatic carbocycles. The molecule has 20 heavy (non-hydrogen) atoms. The normalized spacial score (nSPS) is 11.5. The van der Waals surface area contributed by atoms with E-state index in [1.165, 1.54) is 0 Å². The number of nitrogens with one attached hydrogen (secondary N) is 1. The van der Waals surface area contributed by atoms with Gasteiger partial charge in [-0.3, -0.25) is 0 Å². The van der Waals surface area contributed by atoms with Crippen LogP contribution in [0, 0.1) is 0 Å². The first-order valence-electron chi connectivity index (χ1n) is 6.05. The molecule has 106 valence electrons. The maximum Gasteiger partial charge on any atom is 0.241 e. The molecule has 0 bridgehead atoms. The SMILES string of the molecule is NCc1ccccc1S(=O)(=O)NCc1cccc(Cl)c1. The van der Waals surface area contributed by atoms with Crippen molar-refractivity contribution in [2.75, 3.05) is 0 Å². The summed E-state index contributed by atoms with van der Waals surface area (Å²) in [6.07, 6.45) is 0. The number of benzene rings is 2. The molecule has 0 amide bonds. The minimum Gasteiger partial charge on any atom is -0.326 e. The maximum absolute atomic E-state index is 12.3. The fraction of sp³-hybridized carbons (Fsp3) is 0.143. The highest BCUT2D eigenvalue weighted by atomic mass is 35.5. The van der Waals surface area contributed by atoms with Crippen LogP contribution in [-0.4, -0.2) is 8.42 Å². The molecular weight excluding hydrogens is 296 g/mol. The van der Waals surface area contributed by atoms with Crippen molar-refractivity contribution in [3.8, 4) is 0 Å². The van der Waals surface area contributed by atoms with E-state index in [0.29, 0.717) is 10.6 Å². The van der Waals surface area contributed by atoms with Crippen molar-refractivity contribution in [2.45, 2.75) is 18.0 Å². The highest BCUT2D eigenvalue weighted by molar-refractivity contribution is 7.89. The summed E-state index contributed by atoms with van der Waals surface area (Å²) < 4.78 is 27.1. The van der Waals surface area contributed by atoms with Crippen molar-refractivity contribution in [3.63, 3.8) is 0 Å². The van der Waals surface area contributed by atoms with E-state index < -0.39 is 10.0 Å². The predicted molar refractivity (Wildman–Crippen MR) is 79.8 cm³/mol. The summed E-state index contributed by atoms with van der Waals surface area (Å²) in [5.41, 5.74) is 6.95. The molecule has 0 aliphatic heterocycles. The zero-order valence-electron chi connectivity index (χ0n) is 10.7. The summed E-state index contributed by atoms with van der Waals surface area (Å²) in [6.45, 7) is 0.357. The number of sulfonamides is 1. The van der Waals surface area contributed by atoms with Crippen LogP contribution in [0.3, 0.4) is 0 Å². The van der Waals surface area contributed by atoms with Crippen LogP contribution >= 0.6 is 11.6 Å². The second-order valence-electron chi connectivity index (χ2n) is 4.27. The van der Waals surface area contributed by atoms with Gasteiger partial charge in [-0.2, -0.15) is 0 Å². The summed E-state index contributed by atoms with van der Waals surface area (Å²) in [4.78, 5) is 0.213. The molecule has 0 atom stereocenters. The van der Waals surface area contributed by atoms with Crippen LogP contribution in [0.25, 0.3) is 0 Å². The minimum absolute atomic E-state index is 0.175. The summed E-state index contributed by atoms with van der Waals surface area (Å²) in [5.74, 6) is 0. The third kappa shape index (κ3) is 3.58. The van der Waals surface area contributed by atoms with E-state index in [2.05, 4.69) is 4.72 Å². The molecule has 0 aromatic heterocycles. The molecule has 0 radical (unpaired) electrons. The van der Waals surface area contributed by atoms with Crippen LogP contribution in [0.5, 0.6) is 0 Å². The van der Waals surface area contributed by atoms with E-state index in [9.17, 15) is 8.42 Å². The van der Waals surface area contributed by atoms with Crippen LogP contribution in [-0.2, 0) is 23.1 Å². The molecule has 3 N–H and O–H groups in total. The standard InChI is InChI=1S/C14H15ClN2O2S/c15-13-6-3-4-11(8-13)10-17-20(18,19)14-7-2-1-5-12(14)9-16/h1-8,17H,9-10,16H2. The van der Waals surface area contributed by atoms with Crippen molar-refractivity contribution in [3.05, 3.63) is 64.7 Å². The quantitative estimate of drug-likeness (QED) is 0.890. The zero-order valence-corrected chi connectivity index (χ0v) is 12.3. The third-order valence-corrected chi connectivity index (χ3v) is 4.57. The molecule has 6 heteroatoms. The number of hydrogen-bond acceptors (Lipinski definition) is 3. The van der Waals surface area contributed by atoms with Crippen LogP contribution < -0.4 is 10.5 Å². The molecule has 0 aliphatic rings. The van der Waals surface area contributed by atoms with Gasteiger partial charge in [-0.25, -0.2) is 13.1 Å². The predicted octanol–water partition coefficient (Wildman–Crippen LogP) is 2.28. The summed E-state index contributed by atoms with van der Waals surface area (Å²) in [6, 6.07) is 13.7. The van der Waals surface area contributed by atoms with Crippen molar-refractivity contribution >= 4 is 21.6 Å². The summed E-state index contributed by atoms with van der Waals surface area (Å²) in [5, 5.41) is 0.573. The van der Waals surface area contributed by atoms with E-state index in [1.54, 1.807) is 42.5 Å². The number of rotatable bonds is 5. The van der Waals surface area contributed by atoms with Crippen LogP contribution in [0.1, 0.15) is 11.1 Å². The van der Waals surface area contributed by atoms with E-state index in [1.807, 2.05) is 6.07 Å². The molecule has 4 nitrogen and oxygen atoms in total. The second-order valence-corrected chi connectivity index (χ2v) is 6.44. The number of nitrogens with two attached hydrogens (primary N) is 1. The Kier molecular flexibility index (Phi) is 4.77. The second kappa shape index (κ2) is 6.37. The monoisotopic (exact) mass is 310 g/mol. The minimum atomic E-state index is -3.59. The van der Waals surface area contributed by atoms with Gasteiger partial charge in [-0.05, 0) is 29.3 Å². The lowest BCUT2D eigenvalue weighted by Crippen LogP contribution is -2.24. The first-order valence-corrected chi connectivity index (χ1v) is 7.91. The Hall–Kier alpha value is -1.40. The molecule has 2 rings (SSSR count). The summed E-state index contributed by atoms with van der Waals surface area (Å²) >= 11 is 5.87. The fourth-order valence-corrected chi connectivity index (χ4v) is 3.32. The first kappa shape index (κ1) is 15.0. The Labute approximate surface area is 123 Å². The Balaban J connectivity index is 2.19. The maximum atomic E-state index is 12.3. The van der Waals surface area contributed by atoms with Gasteiger partial charge in [-0.1, -0.05) is 41.9 Å². The van der Waals surface area contributed by atoms with E-state index in [0.717, 1.165) is 5.56 Å². The number of hydrogen-bond donors (Lipinski definition) is 2. The molecule has 2 aromatic rings. The van der Waals surface area contributed by atoms with E-state index in [-0.39, 0.29) is 18.0 Å². The summed E-state index contributed by atoms with van der Waals surface area (Å²) in [7, 11) is -3.59. The smallest absolute Gasteiger partial charge is 0.241 e. The molecule has 2 aromatic carbocycles. The molecule has 0 heterocycles. The largest absolute Gasteiger partial charge is 0.326 e. The lowest BCUT2D eigenvalue weighted by molar-refractivity contribution is 0.580. The van der Waals surface area contributed by atoms with Crippen LogP contribution in [0.2, 0.25) is 5.02 Å². The lowest BCUT2D eigenvalue weighted by Gasteiger charge is -2.10. The van der Waals surface area contributed by atoms with E-state index in [4.69, 9.17) is 17.3 Å². The average molecular weight is 311 g/mol. The van der Waals surface area contributed by atoms with Crippen molar-refractivity contribution in [2.24, 2.45) is 5.73 Å². The Morgan fingerprint density at radius 2 is 1.85 bits per heavy atom. The first-order chi connectivity index (χ1) is 9.53. The van der Waals surface area contributed by atoms with Gasteiger partial charge < -0.3 is 5.73 Å². The molecule has 0 saturated carbocycles. The van der Waals surface area contributed by atoms with Gasteiger partial charge in [0.25, 0.3) is 0 Å². The van der Waals surface area contributed by atoms with Gasteiger partial charge >= 0.3 is 0 Å². The molecule has 0 saturated heterocycles.